The third-order valence-corrected chi connectivity index (χ3v) is 1.96. The number of aliphatic imine (C=N–C) groups is 1. The maximum atomic E-state index is 9.01. The Morgan fingerprint density at radius 1 is 1.91 bits per heavy atom. The Bertz CT molecular complexity index is 183. The van der Waals surface area contributed by atoms with Gasteiger partial charge in [-0.25, -0.2) is 4.99 Å². The molecule has 11 heavy (non-hydrogen) atoms. The van der Waals surface area contributed by atoms with Crippen LogP contribution in [-0.2, 0) is 4.74 Å². The molecule has 3 heteroatoms. The summed E-state index contributed by atoms with van der Waals surface area (Å²) in [7, 11) is 0. The van der Waals surface area contributed by atoms with E-state index in [1.807, 2.05) is 6.92 Å². The first-order chi connectivity index (χ1) is 5.26. The van der Waals surface area contributed by atoms with Crippen LogP contribution in [0.1, 0.15) is 13.3 Å². The molecule has 0 amide bonds. The van der Waals surface area contributed by atoms with Crippen LogP contribution >= 0.6 is 0 Å². The second kappa shape index (κ2) is 3.05. The lowest BCUT2D eigenvalue weighted by molar-refractivity contribution is 0.154. The SMILES string of the molecule is C=CC1=NC(CC)(CO)CO1. The van der Waals surface area contributed by atoms with E-state index >= 15 is 0 Å². The molecule has 0 fully saturated rings. The number of aliphatic hydroxyl groups is 1. The Labute approximate surface area is 66.4 Å². The van der Waals surface area contributed by atoms with Gasteiger partial charge in [-0.2, -0.15) is 0 Å². The van der Waals surface area contributed by atoms with Crippen molar-refractivity contribution in [1.29, 1.82) is 0 Å². The van der Waals surface area contributed by atoms with Crippen molar-refractivity contribution in [3.8, 4) is 0 Å². The predicted molar refractivity (Wildman–Crippen MR) is 43.7 cm³/mol. The van der Waals surface area contributed by atoms with Gasteiger partial charge in [0.2, 0.25) is 5.90 Å². The van der Waals surface area contributed by atoms with Crippen LogP contribution in [0.4, 0.5) is 0 Å². The zero-order valence-corrected chi connectivity index (χ0v) is 6.71. The minimum atomic E-state index is -0.399. The summed E-state index contributed by atoms with van der Waals surface area (Å²) in [5, 5.41) is 9.01. The van der Waals surface area contributed by atoms with Gasteiger partial charge in [0.1, 0.15) is 12.1 Å². The molecule has 0 aromatic rings. The fourth-order valence-corrected chi connectivity index (χ4v) is 0.985. The monoisotopic (exact) mass is 155 g/mol. The summed E-state index contributed by atoms with van der Waals surface area (Å²) < 4.78 is 5.17. The second-order valence-corrected chi connectivity index (χ2v) is 2.68. The van der Waals surface area contributed by atoms with Gasteiger partial charge >= 0.3 is 0 Å². The van der Waals surface area contributed by atoms with Gasteiger partial charge in [-0.3, -0.25) is 0 Å². The molecule has 0 saturated heterocycles. The summed E-state index contributed by atoms with van der Waals surface area (Å²) in [6.45, 7) is 6.04. The van der Waals surface area contributed by atoms with E-state index in [9.17, 15) is 0 Å². The van der Waals surface area contributed by atoms with Crippen LogP contribution in [0.15, 0.2) is 17.6 Å². The normalized spacial score (nSPS) is 29.5. The van der Waals surface area contributed by atoms with Gasteiger partial charge in [0.05, 0.1) is 6.61 Å². The van der Waals surface area contributed by atoms with Gasteiger partial charge < -0.3 is 9.84 Å². The van der Waals surface area contributed by atoms with Crippen molar-refractivity contribution < 1.29 is 9.84 Å². The van der Waals surface area contributed by atoms with E-state index in [1.54, 1.807) is 6.08 Å². The topological polar surface area (TPSA) is 41.8 Å². The fourth-order valence-electron chi connectivity index (χ4n) is 0.985. The standard InChI is InChI=1S/C8H13NO2/c1-3-7-9-8(4-2,5-10)6-11-7/h3,10H,1,4-6H2,2H3. The average molecular weight is 155 g/mol. The Morgan fingerprint density at radius 3 is 2.91 bits per heavy atom. The number of aliphatic hydroxyl groups excluding tert-OH is 1. The zero-order chi connectivity index (χ0) is 8.32. The van der Waals surface area contributed by atoms with Crippen LogP contribution < -0.4 is 0 Å². The molecule has 0 saturated carbocycles. The maximum Gasteiger partial charge on any atom is 0.208 e. The lowest BCUT2D eigenvalue weighted by Gasteiger charge is -2.17. The van der Waals surface area contributed by atoms with E-state index in [0.29, 0.717) is 12.5 Å². The first-order valence-electron chi connectivity index (χ1n) is 3.72. The van der Waals surface area contributed by atoms with Crippen molar-refractivity contribution in [2.75, 3.05) is 13.2 Å². The molecule has 0 spiro atoms. The number of hydrogen-bond donors (Lipinski definition) is 1. The molecule has 62 valence electrons. The lowest BCUT2D eigenvalue weighted by Crippen LogP contribution is -2.31. The minimum Gasteiger partial charge on any atom is -0.475 e. The largest absolute Gasteiger partial charge is 0.475 e. The van der Waals surface area contributed by atoms with E-state index in [4.69, 9.17) is 9.84 Å². The summed E-state index contributed by atoms with van der Waals surface area (Å²) in [6, 6.07) is 0. The quantitative estimate of drug-likeness (QED) is 0.653. The zero-order valence-electron chi connectivity index (χ0n) is 6.71. The Hall–Kier alpha value is -0.830. The van der Waals surface area contributed by atoms with Crippen LogP contribution in [0.3, 0.4) is 0 Å². The smallest absolute Gasteiger partial charge is 0.208 e. The summed E-state index contributed by atoms with van der Waals surface area (Å²) in [5.41, 5.74) is -0.399. The summed E-state index contributed by atoms with van der Waals surface area (Å²) in [5.74, 6) is 0.542. The fraction of sp³-hybridized carbons (Fsp3) is 0.625. The predicted octanol–water partition coefficient (Wildman–Crippen LogP) is 0.742. The van der Waals surface area contributed by atoms with Crippen LogP contribution in [0.25, 0.3) is 0 Å². The number of rotatable bonds is 3. The van der Waals surface area contributed by atoms with Gasteiger partial charge in [-0.05, 0) is 12.5 Å². The molecule has 0 aromatic carbocycles. The van der Waals surface area contributed by atoms with Crippen molar-refractivity contribution >= 4 is 5.90 Å². The van der Waals surface area contributed by atoms with Gasteiger partial charge in [0.25, 0.3) is 0 Å². The third kappa shape index (κ3) is 1.43. The van der Waals surface area contributed by atoms with Crippen LogP contribution in [0, 0.1) is 0 Å². The first kappa shape index (κ1) is 8.27. The first-order valence-corrected chi connectivity index (χ1v) is 3.72. The summed E-state index contributed by atoms with van der Waals surface area (Å²) in [6.07, 6.45) is 2.36. The van der Waals surface area contributed by atoms with Crippen LogP contribution in [-0.4, -0.2) is 29.8 Å². The molecule has 0 aliphatic carbocycles. The molecule has 1 aliphatic heterocycles. The molecule has 1 atom stereocenters. The second-order valence-electron chi connectivity index (χ2n) is 2.68. The highest BCUT2D eigenvalue weighted by molar-refractivity contribution is 5.88. The van der Waals surface area contributed by atoms with Crippen LogP contribution in [0.2, 0.25) is 0 Å². The molecular weight excluding hydrogens is 142 g/mol. The average Bonchev–Trinajstić information content (AvgIpc) is 2.49. The Balaban J connectivity index is 2.74. The number of ether oxygens (including phenoxy) is 1. The van der Waals surface area contributed by atoms with Crippen molar-refractivity contribution in [2.24, 2.45) is 4.99 Å². The van der Waals surface area contributed by atoms with Gasteiger partial charge in [0.15, 0.2) is 0 Å². The van der Waals surface area contributed by atoms with Gasteiger partial charge in [0, 0.05) is 0 Å². The van der Waals surface area contributed by atoms with E-state index in [-0.39, 0.29) is 6.61 Å². The molecule has 3 nitrogen and oxygen atoms in total. The van der Waals surface area contributed by atoms with E-state index < -0.39 is 5.54 Å². The molecule has 1 heterocycles. The molecule has 1 aliphatic rings. The van der Waals surface area contributed by atoms with Crippen molar-refractivity contribution in [3.05, 3.63) is 12.7 Å². The molecular formula is C8H13NO2. The van der Waals surface area contributed by atoms with Crippen molar-refractivity contribution in [1.82, 2.24) is 0 Å². The molecule has 0 radical (unpaired) electrons. The van der Waals surface area contributed by atoms with Gasteiger partial charge in [-0.1, -0.05) is 13.5 Å². The molecule has 1 N–H and O–H groups in total. The van der Waals surface area contributed by atoms with E-state index in [2.05, 4.69) is 11.6 Å². The number of hydrogen-bond acceptors (Lipinski definition) is 3. The highest BCUT2D eigenvalue weighted by atomic mass is 16.5. The maximum absolute atomic E-state index is 9.01. The van der Waals surface area contributed by atoms with Crippen LogP contribution in [0.5, 0.6) is 0 Å². The third-order valence-electron chi connectivity index (χ3n) is 1.96. The summed E-state index contributed by atoms with van der Waals surface area (Å²) in [4.78, 5) is 4.20. The summed E-state index contributed by atoms with van der Waals surface area (Å²) >= 11 is 0. The molecule has 1 rings (SSSR count). The van der Waals surface area contributed by atoms with Gasteiger partial charge in [-0.15, -0.1) is 0 Å². The molecule has 1 unspecified atom stereocenters. The Kier molecular flexibility index (Phi) is 2.29. The highest BCUT2D eigenvalue weighted by Gasteiger charge is 2.33. The van der Waals surface area contributed by atoms with Crippen molar-refractivity contribution in [2.45, 2.75) is 18.9 Å². The highest BCUT2D eigenvalue weighted by Crippen LogP contribution is 2.21. The van der Waals surface area contributed by atoms with E-state index in [1.165, 1.54) is 0 Å². The van der Waals surface area contributed by atoms with Crippen molar-refractivity contribution in [3.63, 3.8) is 0 Å². The Morgan fingerprint density at radius 2 is 2.64 bits per heavy atom. The molecule has 0 aromatic heterocycles. The minimum absolute atomic E-state index is 0.0425. The van der Waals surface area contributed by atoms with E-state index in [0.717, 1.165) is 6.42 Å². The molecule has 0 bridgehead atoms. The number of nitrogens with zero attached hydrogens (tertiary/aromatic N) is 1. The lowest BCUT2D eigenvalue weighted by atomic mass is 10.0.